The van der Waals surface area contributed by atoms with E-state index in [0.29, 0.717) is 57.3 Å². The summed E-state index contributed by atoms with van der Waals surface area (Å²) < 4.78 is 5.47. The zero-order valence-electron chi connectivity index (χ0n) is 17.4. The van der Waals surface area contributed by atoms with Gasteiger partial charge in [0, 0.05) is 49.4 Å². The Kier molecular flexibility index (Phi) is 6.17. The number of ether oxygens (including phenoxy) is 1. The number of rotatable bonds is 4. The Labute approximate surface area is 180 Å². The number of benzene rings is 1. The van der Waals surface area contributed by atoms with E-state index in [4.69, 9.17) is 14.7 Å². The van der Waals surface area contributed by atoms with E-state index in [9.17, 15) is 14.7 Å². The monoisotopic (exact) mass is 426 g/mol. The lowest BCUT2D eigenvalue weighted by molar-refractivity contribution is 0.121. The molecule has 2 aliphatic heterocycles. The van der Waals surface area contributed by atoms with Crippen LogP contribution < -0.4 is 15.5 Å². The van der Waals surface area contributed by atoms with Crippen LogP contribution in [0.2, 0.25) is 0 Å². The van der Waals surface area contributed by atoms with Crippen LogP contribution in [0.15, 0.2) is 24.3 Å². The normalized spacial score (nSPS) is 15.9. The van der Waals surface area contributed by atoms with Gasteiger partial charge in [-0.25, -0.2) is 19.6 Å². The van der Waals surface area contributed by atoms with Crippen LogP contribution in [-0.2, 0) is 17.7 Å². The van der Waals surface area contributed by atoms with Crippen molar-refractivity contribution in [3.05, 3.63) is 35.5 Å². The van der Waals surface area contributed by atoms with Crippen molar-refractivity contribution < 1.29 is 19.4 Å². The fourth-order valence-corrected chi connectivity index (χ4v) is 3.76. The molecule has 31 heavy (non-hydrogen) atoms. The number of urea groups is 1. The molecule has 0 saturated carbocycles. The molecule has 1 aromatic heterocycles. The van der Waals surface area contributed by atoms with E-state index < -0.39 is 6.09 Å². The van der Waals surface area contributed by atoms with Crippen molar-refractivity contribution >= 4 is 23.6 Å². The predicted octanol–water partition coefficient (Wildman–Crippen LogP) is 2.16. The molecule has 0 aliphatic carbocycles. The Hall–Kier alpha value is -3.40. The molecule has 3 N–H and O–H groups in total. The minimum Gasteiger partial charge on any atom is -0.465 e. The molecular weight excluding hydrogens is 400 g/mol. The summed E-state index contributed by atoms with van der Waals surface area (Å²) in [6.45, 7) is 5.72. The van der Waals surface area contributed by atoms with Gasteiger partial charge in [-0.1, -0.05) is 0 Å². The fourth-order valence-electron chi connectivity index (χ4n) is 3.76. The van der Waals surface area contributed by atoms with Crippen LogP contribution in [0.5, 0.6) is 0 Å². The molecule has 3 amide bonds. The van der Waals surface area contributed by atoms with Gasteiger partial charge in [-0.05, 0) is 31.2 Å². The number of carbonyl (C=O) groups is 2. The molecule has 10 nitrogen and oxygen atoms in total. The number of carboxylic acid groups (broad SMARTS) is 1. The number of hydrogen-bond donors (Lipinski definition) is 3. The lowest BCUT2D eigenvalue weighted by Gasteiger charge is -2.33. The largest absolute Gasteiger partial charge is 0.465 e. The molecule has 0 spiro atoms. The van der Waals surface area contributed by atoms with Gasteiger partial charge in [0.25, 0.3) is 0 Å². The third-order valence-corrected chi connectivity index (χ3v) is 5.36. The molecule has 1 fully saturated rings. The van der Waals surface area contributed by atoms with E-state index >= 15 is 0 Å². The van der Waals surface area contributed by atoms with E-state index in [1.807, 2.05) is 31.2 Å². The molecular formula is C21H26N6O4. The Balaban J connectivity index is 1.65. The molecule has 0 bridgehead atoms. The maximum atomic E-state index is 11.7. The van der Waals surface area contributed by atoms with Gasteiger partial charge >= 0.3 is 12.1 Å². The number of anilines is 2. The summed E-state index contributed by atoms with van der Waals surface area (Å²) in [5.74, 6) is 1.37. The third kappa shape index (κ3) is 4.69. The average Bonchev–Trinajstić information content (AvgIpc) is 2.79. The van der Waals surface area contributed by atoms with Crippen LogP contribution in [0.25, 0.3) is 11.4 Å². The highest BCUT2D eigenvalue weighted by Gasteiger charge is 2.28. The molecule has 2 aromatic rings. The van der Waals surface area contributed by atoms with Crippen LogP contribution >= 0.6 is 0 Å². The maximum absolute atomic E-state index is 11.7. The number of amides is 3. The van der Waals surface area contributed by atoms with Crippen molar-refractivity contribution in [2.45, 2.75) is 19.9 Å². The van der Waals surface area contributed by atoms with Gasteiger partial charge in [0.2, 0.25) is 0 Å². The zero-order chi connectivity index (χ0) is 21.8. The van der Waals surface area contributed by atoms with E-state index in [-0.39, 0.29) is 12.6 Å². The van der Waals surface area contributed by atoms with Gasteiger partial charge in [0.1, 0.15) is 5.82 Å². The molecule has 10 heteroatoms. The van der Waals surface area contributed by atoms with Gasteiger partial charge < -0.3 is 30.3 Å². The minimum atomic E-state index is -0.933. The number of nitrogens with one attached hydrogen (secondary N) is 2. The molecule has 1 saturated heterocycles. The second kappa shape index (κ2) is 9.17. The highest BCUT2D eigenvalue weighted by atomic mass is 16.5. The van der Waals surface area contributed by atoms with Crippen LogP contribution in [0.4, 0.5) is 21.1 Å². The van der Waals surface area contributed by atoms with Gasteiger partial charge in [-0.3, -0.25) is 0 Å². The van der Waals surface area contributed by atoms with Gasteiger partial charge in [-0.2, -0.15) is 0 Å². The topological polar surface area (TPSA) is 120 Å². The molecule has 3 heterocycles. The average molecular weight is 426 g/mol. The van der Waals surface area contributed by atoms with Crippen molar-refractivity contribution in [2.24, 2.45) is 0 Å². The first-order chi connectivity index (χ1) is 15.0. The number of morpholine rings is 1. The fraction of sp³-hybridized carbons (Fsp3) is 0.429. The van der Waals surface area contributed by atoms with Crippen molar-refractivity contribution in [2.75, 3.05) is 49.6 Å². The second-order valence-corrected chi connectivity index (χ2v) is 7.41. The molecule has 0 radical (unpaired) electrons. The van der Waals surface area contributed by atoms with Crippen molar-refractivity contribution in [3.8, 4) is 11.4 Å². The van der Waals surface area contributed by atoms with Gasteiger partial charge in [0.15, 0.2) is 5.82 Å². The number of carbonyl (C=O) groups excluding carboxylic acids is 1. The molecule has 0 atom stereocenters. The number of fused-ring (bicyclic) bond motifs is 1. The first-order valence-electron chi connectivity index (χ1n) is 10.4. The van der Waals surface area contributed by atoms with Gasteiger partial charge in [0.05, 0.1) is 25.5 Å². The summed E-state index contributed by atoms with van der Waals surface area (Å²) in [5.41, 5.74) is 3.26. The maximum Gasteiger partial charge on any atom is 0.407 e. The van der Waals surface area contributed by atoms with Gasteiger partial charge in [-0.15, -0.1) is 0 Å². The molecule has 164 valence electrons. The van der Waals surface area contributed by atoms with Crippen LogP contribution in [0.1, 0.15) is 18.2 Å². The Bertz CT molecular complexity index is 959. The van der Waals surface area contributed by atoms with Crippen LogP contribution in [0.3, 0.4) is 0 Å². The number of hydrogen-bond acceptors (Lipinski definition) is 6. The first kappa shape index (κ1) is 20.9. The van der Waals surface area contributed by atoms with E-state index in [2.05, 4.69) is 15.5 Å². The highest BCUT2D eigenvalue weighted by molar-refractivity contribution is 5.89. The summed E-state index contributed by atoms with van der Waals surface area (Å²) >= 11 is 0. The Morgan fingerprint density at radius 3 is 2.55 bits per heavy atom. The minimum absolute atomic E-state index is 0.252. The Morgan fingerprint density at radius 1 is 1.13 bits per heavy atom. The summed E-state index contributed by atoms with van der Waals surface area (Å²) in [6.07, 6.45) is -0.386. The van der Waals surface area contributed by atoms with E-state index in [1.165, 1.54) is 4.90 Å². The third-order valence-electron chi connectivity index (χ3n) is 5.36. The molecule has 4 rings (SSSR count). The number of nitrogens with zero attached hydrogens (tertiary/aromatic N) is 4. The van der Waals surface area contributed by atoms with Crippen molar-refractivity contribution in [1.29, 1.82) is 0 Å². The van der Waals surface area contributed by atoms with Crippen LogP contribution in [-0.4, -0.2) is 71.5 Å². The van der Waals surface area contributed by atoms with Crippen LogP contribution in [0, 0.1) is 0 Å². The zero-order valence-corrected chi connectivity index (χ0v) is 17.4. The lowest BCUT2D eigenvalue weighted by Crippen LogP contribution is -2.40. The molecule has 2 aliphatic rings. The predicted molar refractivity (Wildman–Crippen MR) is 115 cm³/mol. The first-order valence-corrected chi connectivity index (χ1v) is 10.4. The standard InChI is InChI=1S/C21H26N6O4/c1-2-22-20(28)23-15-5-3-14(4-6-15)18-24-17-7-8-27(21(29)30)13-16(17)19(25-18)26-9-11-31-12-10-26/h3-6H,2,7-13H2,1H3,(H,29,30)(H2,22,23,28). The summed E-state index contributed by atoms with van der Waals surface area (Å²) in [5, 5.41) is 14.9. The summed E-state index contributed by atoms with van der Waals surface area (Å²) in [4.78, 5) is 36.4. The quantitative estimate of drug-likeness (QED) is 0.685. The summed E-state index contributed by atoms with van der Waals surface area (Å²) in [6, 6.07) is 7.12. The van der Waals surface area contributed by atoms with Crippen molar-refractivity contribution in [1.82, 2.24) is 20.2 Å². The van der Waals surface area contributed by atoms with E-state index in [0.717, 1.165) is 22.6 Å². The lowest BCUT2D eigenvalue weighted by atomic mass is 10.0. The number of aromatic nitrogens is 2. The molecule has 0 unspecified atom stereocenters. The highest BCUT2D eigenvalue weighted by Crippen LogP contribution is 2.30. The van der Waals surface area contributed by atoms with E-state index in [1.54, 1.807) is 0 Å². The molecule has 1 aromatic carbocycles. The summed E-state index contributed by atoms with van der Waals surface area (Å²) in [7, 11) is 0. The van der Waals surface area contributed by atoms with Crippen molar-refractivity contribution in [3.63, 3.8) is 0 Å². The smallest absolute Gasteiger partial charge is 0.407 e. The SMILES string of the molecule is CCNC(=O)Nc1ccc(-c2nc3c(c(N4CCOCC4)n2)CN(C(=O)O)CC3)cc1. The second-order valence-electron chi connectivity index (χ2n) is 7.41. The Morgan fingerprint density at radius 2 is 1.87 bits per heavy atom.